The number of rotatable bonds is 7. The summed E-state index contributed by atoms with van der Waals surface area (Å²) in [6.07, 6.45) is 2.57. The van der Waals surface area contributed by atoms with Crippen molar-refractivity contribution in [1.82, 2.24) is 5.32 Å². The molecule has 0 atom stereocenters. The lowest BCUT2D eigenvalue weighted by Crippen LogP contribution is -2.38. The third kappa shape index (κ3) is 3.97. The monoisotopic (exact) mass is 278 g/mol. The van der Waals surface area contributed by atoms with Gasteiger partial charge in [0.15, 0.2) is 0 Å². The van der Waals surface area contributed by atoms with E-state index in [1.165, 1.54) is 0 Å². The van der Waals surface area contributed by atoms with Gasteiger partial charge < -0.3 is 16.2 Å². The van der Waals surface area contributed by atoms with E-state index in [4.69, 9.17) is 5.73 Å². The number of benzene rings is 1. The van der Waals surface area contributed by atoms with Crippen LogP contribution in [0.1, 0.15) is 49.0 Å². The van der Waals surface area contributed by atoms with E-state index < -0.39 is 0 Å². The highest BCUT2D eigenvalue weighted by Gasteiger charge is 2.26. The van der Waals surface area contributed by atoms with Crippen LogP contribution < -0.4 is 11.1 Å². The van der Waals surface area contributed by atoms with Crippen LogP contribution in [0.3, 0.4) is 0 Å². The molecule has 1 aromatic carbocycles. The van der Waals surface area contributed by atoms with Crippen LogP contribution in [0.25, 0.3) is 0 Å². The highest BCUT2D eigenvalue weighted by atomic mass is 16.3. The predicted octanol–water partition coefficient (Wildman–Crippen LogP) is 2.50. The summed E-state index contributed by atoms with van der Waals surface area (Å²) in [5.74, 6) is -0.0981. The van der Waals surface area contributed by atoms with Crippen molar-refractivity contribution in [2.45, 2.75) is 40.0 Å². The van der Waals surface area contributed by atoms with Gasteiger partial charge in [0.25, 0.3) is 5.91 Å². The number of aryl methyl sites for hydroxylation is 1. The van der Waals surface area contributed by atoms with Crippen molar-refractivity contribution < 1.29 is 9.90 Å². The van der Waals surface area contributed by atoms with E-state index in [0.717, 1.165) is 18.4 Å². The van der Waals surface area contributed by atoms with Crippen molar-refractivity contribution in [2.24, 2.45) is 5.41 Å². The molecule has 20 heavy (non-hydrogen) atoms. The fourth-order valence-corrected chi connectivity index (χ4v) is 2.43. The minimum Gasteiger partial charge on any atom is -0.399 e. The Labute approximate surface area is 121 Å². The molecule has 0 spiro atoms. The van der Waals surface area contributed by atoms with Gasteiger partial charge in [-0.3, -0.25) is 4.79 Å². The molecule has 0 unspecified atom stereocenters. The van der Waals surface area contributed by atoms with Gasteiger partial charge in [-0.25, -0.2) is 0 Å². The van der Waals surface area contributed by atoms with Crippen LogP contribution in [0.2, 0.25) is 0 Å². The molecule has 0 saturated heterocycles. The van der Waals surface area contributed by atoms with Crippen molar-refractivity contribution >= 4 is 11.6 Å². The zero-order chi connectivity index (χ0) is 15.2. The minimum absolute atomic E-state index is 0.0291. The van der Waals surface area contributed by atoms with Crippen molar-refractivity contribution in [2.75, 3.05) is 18.9 Å². The van der Waals surface area contributed by atoms with E-state index in [1.54, 1.807) is 12.1 Å². The topological polar surface area (TPSA) is 75.3 Å². The lowest BCUT2D eigenvalue weighted by Gasteiger charge is -2.31. The van der Waals surface area contributed by atoms with Gasteiger partial charge in [-0.15, -0.1) is 0 Å². The molecule has 0 heterocycles. The summed E-state index contributed by atoms with van der Waals surface area (Å²) in [7, 11) is 0. The second kappa shape index (κ2) is 7.29. The molecule has 1 rings (SSSR count). The van der Waals surface area contributed by atoms with Crippen LogP contribution in [-0.4, -0.2) is 24.2 Å². The van der Waals surface area contributed by atoms with E-state index in [2.05, 4.69) is 19.2 Å². The highest BCUT2D eigenvalue weighted by Crippen LogP contribution is 2.29. The third-order valence-electron chi connectivity index (χ3n) is 4.27. The molecule has 0 aromatic heterocycles. The first-order valence-electron chi connectivity index (χ1n) is 7.23. The maximum absolute atomic E-state index is 12.3. The number of nitrogens with one attached hydrogen (secondary N) is 1. The summed E-state index contributed by atoms with van der Waals surface area (Å²) < 4.78 is 0. The van der Waals surface area contributed by atoms with Gasteiger partial charge in [-0.05, 0) is 49.3 Å². The van der Waals surface area contributed by atoms with E-state index >= 15 is 0 Å². The molecular weight excluding hydrogens is 252 g/mol. The molecule has 0 bridgehead atoms. The van der Waals surface area contributed by atoms with Gasteiger partial charge in [0.2, 0.25) is 0 Å². The second-order valence-electron chi connectivity index (χ2n) is 5.44. The molecule has 0 radical (unpaired) electrons. The van der Waals surface area contributed by atoms with Crippen LogP contribution in [-0.2, 0) is 0 Å². The van der Waals surface area contributed by atoms with E-state index in [1.807, 2.05) is 13.0 Å². The molecule has 1 aromatic rings. The Kier molecular flexibility index (Phi) is 6.02. The van der Waals surface area contributed by atoms with Crippen LogP contribution in [0, 0.1) is 12.3 Å². The van der Waals surface area contributed by atoms with Crippen molar-refractivity contribution in [3.05, 3.63) is 29.3 Å². The molecule has 0 aliphatic rings. The van der Waals surface area contributed by atoms with Gasteiger partial charge in [0.1, 0.15) is 0 Å². The fourth-order valence-electron chi connectivity index (χ4n) is 2.43. The number of carbonyl (C=O) groups is 1. The number of nitrogens with two attached hydrogens (primary N) is 1. The molecule has 4 nitrogen and oxygen atoms in total. The van der Waals surface area contributed by atoms with Gasteiger partial charge >= 0.3 is 0 Å². The normalized spacial score (nSPS) is 11.4. The number of anilines is 1. The van der Waals surface area contributed by atoms with Crippen LogP contribution in [0.15, 0.2) is 18.2 Å². The standard InChI is InChI=1S/C16H26N2O2/c1-4-16(5-2,8-9-19)11-18-15(20)14-10-13(17)7-6-12(14)3/h6-7,10,19H,4-5,8-9,11,17H2,1-3H3,(H,18,20). The number of hydrogen-bond acceptors (Lipinski definition) is 3. The summed E-state index contributed by atoms with van der Waals surface area (Å²) in [5.41, 5.74) is 7.83. The molecule has 0 saturated carbocycles. The Morgan fingerprint density at radius 2 is 2.00 bits per heavy atom. The van der Waals surface area contributed by atoms with Crippen LogP contribution in [0.5, 0.6) is 0 Å². The Balaban J connectivity index is 2.77. The zero-order valence-electron chi connectivity index (χ0n) is 12.7. The molecule has 1 amide bonds. The Morgan fingerprint density at radius 3 is 2.55 bits per heavy atom. The molecule has 4 heteroatoms. The van der Waals surface area contributed by atoms with Gasteiger partial charge in [-0.1, -0.05) is 19.9 Å². The van der Waals surface area contributed by atoms with Crippen molar-refractivity contribution in [3.63, 3.8) is 0 Å². The van der Waals surface area contributed by atoms with E-state index in [-0.39, 0.29) is 17.9 Å². The van der Waals surface area contributed by atoms with Gasteiger partial charge in [0, 0.05) is 24.4 Å². The SMILES string of the molecule is CCC(CC)(CCO)CNC(=O)c1cc(N)ccc1C. The summed E-state index contributed by atoms with van der Waals surface area (Å²) >= 11 is 0. The van der Waals surface area contributed by atoms with Crippen LogP contribution in [0.4, 0.5) is 5.69 Å². The first-order chi connectivity index (χ1) is 9.48. The number of hydrogen-bond donors (Lipinski definition) is 3. The zero-order valence-corrected chi connectivity index (χ0v) is 12.7. The molecule has 112 valence electrons. The number of nitrogen functional groups attached to an aromatic ring is 1. The largest absolute Gasteiger partial charge is 0.399 e. The fraction of sp³-hybridized carbons (Fsp3) is 0.562. The first kappa shape index (κ1) is 16.5. The molecular formula is C16H26N2O2. The highest BCUT2D eigenvalue weighted by molar-refractivity contribution is 5.96. The Hall–Kier alpha value is -1.55. The quantitative estimate of drug-likeness (QED) is 0.671. The van der Waals surface area contributed by atoms with Crippen molar-refractivity contribution in [3.8, 4) is 0 Å². The predicted molar refractivity (Wildman–Crippen MR) is 82.6 cm³/mol. The summed E-state index contributed by atoms with van der Waals surface area (Å²) in [5, 5.41) is 12.2. The number of amides is 1. The number of carbonyl (C=O) groups excluding carboxylic acids is 1. The average Bonchev–Trinajstić information content (AvgIpc) is 2.46. The van der Waals surface area contributed by atoms with E-state index in [0.29, 0.717) is 24.2 Å². The average molecular weight is 278 g/mol. The minimum atomic E-state index is -0.0981. The lowest BCUT2D eigenvalue weighted by atomic mass is 9.79. The van der Waals surface area contributed by atoms with Gasteiger partial charge in [-0.2, -0.15) is 0 Å². The maximum atomic E-state index is 12.3. The number of aliphatic hydroxyl groups excluding tert-OH is 1. The van der Waals surface area contributed by atoms with Gasteiger partial charge in [0.05, 0.1) is 0 Å². The summed E-state index contributed by atoms with van der Waals surface area (Å²) in [4.78, 5) is 12.3. The first-order valence-corrected chi connectivity index (χ1v) is 7.23. The smallest absolute Gasteiger partial charge is 0.251 e. The molecule has 0 aliphatic heterocycles. The lowest BCUT2D eigenvalue weighted by molar-refractivity contribution is 0.0906. The summed E-state index contributed by atoms with van der Waals surface area (Å²) in [6.45, 7) is 6.81. The van der Waals surface area contributed by atoms with Crippen LogP contribution >= 0.6 is 0 Å². The molecule has 4 N–H and O–H groups in total. The number of aliphatic hydroxyl groups is 1. The van der Waals surface area contributed by atoms with Crippen molar-refractivity contribution in [1.29, 1.82) is 0 Å². The maximum Gasteiger partial charge on any atom is 0.251 e. The van der Waals surface area contributed by atoms with E-state index in [9.17, 15) is 9.90 Å². The molecule has 0 fully saturated rings. The third-order valence-corrected chi connectivity index (χ3v) is 4.27. The summed E-state index contributed by atoms with van der Waals surface area (Å²) in [6, 6.07) is 5.35. The Bertz CT molecular complexity index is 454. The Morgan fingerprint density at radius 1 is 1.35 bits per heavy atom. The molecule has 0 aliphatic carbocycles. The second-order valence-corrected chi connectivity index (χ2v) is 5.44.